The van der Waals surface area contributed by atoms with Crippen molar-refractivity contribution < 1.29 is 13.6 Å². The normalized spacial score (nSPS) is 12.4. The SMILES string of the molecule is C=N/C=C(\C=C/c1ncc(F)c(-c2cc(F)c3cc(C)n(C(C)C)c3c2)n1)CN(C)CCNCCC=O. The molecule has 0 atom stereocenters. The molecule has 3 rings (SSSR count). The van der Waals surface area contributed by atoms with Crippen molar-refractivity contribution in [3.63, 3.8) is 0 Å². The van der Waals surface area contributed by atoms with Crippen LogP contribution in [0, 0.1) is 18.6 Å². The largest absolute Gasteiger partial charge is 0.342 e. The van der Waals surface area contributed by atoms with Gasteiger partial charge in [-0.25, -0.2) is 18.7 Å². The number of halogens is 2. The predicted molar refractivity (Wildman–Crippen MR) is 146 cm³/mol. The second kappa shape index (κ2) is 13.1. The number of nitrogens with zero attached hydrogens (tertiary/aromatic N) is 5. The van der Waals surface area contributed by atoms with Gasteiger partial charge in [0, 0.05) is 61.5 Å². The maximum absolute atomic E-state index is 15.0. The first-order chi connectivity index (χ1) is 17.7. The quantitative estimate of drug-likeness (QED) is 0.153. The highest BCUT2D eigenvalue weighted by Crippen LogP contribution is 2.31. The molecule has 0 aliphatic heterocycles. The van der Waals surface area contributed by atoms with Crippen molar-refractivity contribution in [1.82, 2.24) is 24.8 Å². The summed E-state index contributed by atoms with van der Waals surface area (Å²) in [7, 11) is 1.97. The predicted octanol–water partition coefficient (Wildman–Crippen LogP) is 4.97. The van der Waals surface area contributed by atoms with Gasteiger partial charge in [-0.2, -0.15) is 0 Å². The van der Waals surface area contributed by atoms with Gasteiger partial charge in [0.1, 0.15) is 17.8 Å². The average molecular weight is 509 g/mol. The van der Waals surface area contributed by atoms with E-state index >= 15 is 0 Å². The number of fused-ring (bicyclic) bond motifs is 1. The van der Waals surface area contributed by atoms with Gasteiger partial charge >= 0.3 is 0 Å². The Labute approximate surface area is 216 Å². The second-order valence-electron chi connectivity index (χ2n) is 9.23. The third-order valence-electron chi connectivity index (χ3n) is 5.92. The molecule has 9 heteroatoms. The summed E-state index contributed by atoms with van der Waals surface area (Å²) in [6.07, 6.45) is 7.60. The lowest BCUT2D eigenvalue weighted by molar-refractivity contribution is -0.107. The molecule has 0 spiro atoms. The maximum atomic E-state index is 15.0. The molecule has 37 heavy (non-hydrogen) atoms. The fourth-order valence-electron chi connectivity index (χ4n) is 4.28. The number of likely N-dealkylation sites (N-methyl/N-ethyl adjacent to an activating group) is 1. The van der Waals surface area contributed by atoms with E-state index in [0.29, 0.717) is 41.8 Å². The van der Waals surface area contributed by atoms with Gasteiger partial charge in [0.05, 0.1) is 11.7 Å². The first kappa shape index (κ1) is 28.0. The van der Waals surface area contributed by atoms with Crippen LogP contribution in [0.5, 0.6) is 0 Å². The molecule has 0 unspecified atom stereocenters. The summed E-state index contributed by atoms with van der Waals surface area (Å²) in [6.45, 7) is 12.3. The van der Waals surface area contributed by atoms with Crippen LogP contribution in [-0.4, -0.2) is 65.7 Å². The Bertz CT molecular complexity index is 1310. The van der Waals surface area contributed by atoms with Gasteiger partial charge < -0.3 is 19.6 Å². The Morgan fingerprint density at radius 1 is 1.24 bits per heavy atom. The van der Waals surface area contributed by atoms with E-state index in [0.717, 1.165) is 36.8 Å². The Kier molecular flexibility index (Phi) is 9.93. The molecule has 7 nitrogen and oxygen atoms in total. The van der Waals surface area contributed by atoms with Crippen molar-refractivity contribution in [3.05, 3.63) is 65.4 Å². The van der Waals surface area contributed by atoms with Crippen molar-refractivity contribution in [2.75, 3.05) is 33.2 Å². The number of carbonyl (C=O) groups is 1. The zero-order chi connectivity index (χ0) is 26.9. The van der Waals surface area contributed by atoms with Crippen LogP contribution < -0.4 is 5.32 Å². The van der Waals surface area contributed by atoms with Crippen molar-refractivity contribution in [2.24, 2.45) is 4.99 Å². The molecular formula is C28H34F2N6O. The molecule has 0 fully saturated rings. The first-order valence-electron chi connectivity index (χ1n) is 12.2. The Balaban J connectivity index is 1.83. The lowest BCUT2D eigenvalue weighted by Crippen LogP contribution is -2.31. The van der Waals surface area contributed by atoms with Gasteiger partial charge in [-0.15, -0.1) is 0 Å². The summed E-state index contributed by atoms with van der Waals surface area (Å²) in [5.74, 6) is -0.753. The van der Waals surface area contributed by atoms with Crippen LogP contribution in [0.4, 0.5) is 8.78 Å². The third kappa shape index (κ3) is 7.24. The highest BCUT2D eigenvalue weighted by Gasteiger charge is 2.17. The minimum atomic E-state index is -0.624. The van der Waals surface area contributed by atoms with E-state index in [1.54, 1.807) is 30.5 Å². The van der Waals surface area contributed by atoms with Gasteiger partial charge in [0.15, 0.2) is 11.6 Å². The van der Waals surface area contributed by atoms with Crippen LogP contribution in [0.1, 0.15) is 37.8 Å². The highest BCUT2D eigenvalue weighted by molar-refractivity contribution is 5.86. The molecule has 2 heterocycles. The minimum absolute atomic E-state index is 0.0375. The Morgan fingerprint density at radius 3 is 2.73 bits per heavy atom. The average Bonchev–Trinajstić information content (AvgIpc) is 3.20. The van der Waals surface area contributed by atoms with E-state index in [4.69, 9.17) is 0 Å². The Morgan fingerprint density at radius 2 is 2.03 bits per heavy atom. The summed E-state index contributed by atoms with van der Waals surface area (Å²) in [4.78, 5) is 24.8. The molecule has 0 aliphatic carbocycles. The van der Waals surface area contributed by atoms with Crippen LogP contribution in [0.25, 0.3) is 28.2 Å². The Hall–Kier alpha value is -3.56. The molecule has 0 radical (unpaired) electrons. The van der Waals surface area contributed by atoms with Crippen LogP contribution in [0.3, 0.4) is 0 Å². The molecular weight excluding hydrogens is 474 g/mol. The number of rotatable bonds is 13. The summed E-state index contributed by atoms with van der Waals surface area (Å²) in [5, 5.41) is 3.70. The number of aldehydes is 1. The second-order valence-corrected chi connectivity index (χ2v) is 9.23. The summed E-state index contributed by atoms with van der Waals surface area (Å²) < 4.78 is 31.8. The van der Waals surface area contributed by atoms with E-state index in [1.165, 1.54) is 6.07 Å². The molecule has 0 amide bonds. The molecule has 0 saturated heterocycles. The van der Waals surface area contributed by atoms with Crippen LogP contribution in [0.2, 0.25) is 0 Å². The number of benzene rings is 1. The lowest BCUT2D eigenvalue weighted by Gasteiger charge is -2.17. The number of hydrogen-bond acceptors (Lipinski definition) is 6. The maximum Gasteiger partial charge on any atom is 0.167 e. The van der Waals surface area contributed by atoms with Crippen LogP contribution >= 0.6 is 0 Å². The monoisotopic (exact) mass is 508 g/mol. The standard InChI is InChI=1S/C28H34F2N6O/c1-19(2)36-20(3)13-23-24(29)14-22(15-26(23)36)28-25(30)17-33-27(34-28)8-7-21(16-31-4)18-35(5)11-10-32-9-6-12-37/h7-8,12-17,19,32H,4,6,9-11,18H2,1-3,5H3/b8-7-,21-16+. The molecule has 1 aromatic carbocycles. The molecule has 3 aromatic rings. The van der Waals surface area contributed by atoms with E-state index in [1.807, 2.05) is 32.4 Å². The molecule has 0 aliphatic rings. The highest BCUT2D eigenvalue weighted by atomic mass is 19.1. The van der Waals surface area contributed by atoms with E-state index < -0.39 is 11.6 Å². The van der Waals surface area contributed by atoms with Crippen LogP contribution in [0.15, 0.2) is 47.2 Å². The number of nitrogens with one attached hydrogen (secondary N) is 1. The summed E-state index contributed by atoms with van der Waals surface area (Å²) in [6, 6.07) is 5.01. The fourth-order valence-corrected chi connectivity index (χ4v) is 4.28. The van der Waals surface area contributed by atoms with Crippen molar-refractivity contribution >= 4 is 30.0 Å². The molecule has 0 saturated carbocycles. The summed E-state index contributed by atoms with van der Waals surface area (Å²) in [5.41, 5.74) is 2.88. The van der Waals surface area contributed by atoms with E-state index in [-0.39, 0.29) is 11.7 Å². The zero-order valence-electron chi connectivity index (χ0n) is 21.8. The minimum Gasteiger partial charge on any atom is -0.342 e. The number of aliphatic imine (C=N–C) groups is 1. The van der Waals surface area contributed by atoms with Gasteiger partial charge in [0.2, 0.25) is 0 Å². The summed E-state index contributed by atoms with van der Waals surface area (Å²) >= 11 is 0. The topological polar surface area (TPSA) is 75.4 Å². The molecule has 2 aromatic heterocycles. The molecule has 1 N–H and O–H groups in total. The number of aromatic nitrogens is 3. The third-order valence-corrected chi connectivity index (χ3v) is 5.92. The van der Waals surface area contributed by atoms with Crippen molar-refractivity contribution in [3.8, 4) is 11.3 Å². The van der Waals surface area contributed by atoms with Crippen molar-refractivity contribution in [1.29, 1.82) is 0 Å². The van der Waals surface area contributed by atoms with E-state index in [9.17, 15) is 13.6 Å². The van der Waals surface area contributed by atoms with Gasteiger partial charge in [-0.3, -0.25) is 4.99 Å². The fraction of sp³-hybridized carbons (Fsp3) is 0.357. The van der Waals surface area contributed by atoms with Gasteiger partial charge in [-0.1, -0.05) is 6.08 Å². The van der Waals surface area contributed by atoms with Crippen LogP contribution in [-0.2, 0) is 4.79 Å². The van der Waals surface area contributed by atoms with Gasteiger partial charge in [0.25, 0.3) is 0 Å². The lowest BCUT2D eigenvalue weighted by atomic mass is 10.1. The van der Waals surface area contributed by atoms with Crippen molar-refractivity contribution in [2.45, 2.75) is 33.2 Å². The number of hydrogen-bond donors (Lipinski definition) is 1. The number of aryl methyl sites for hydroxylation is 1. The number of carbonyl (C=O) groups excluding carboxylic acids is 1. The first-order valence-corrected chi connectivity index (χ1v) is 12.2. The van der Waals surface area contributed by atoms with E-state index in [2.05, 4.69) is 31.9 Å². The smallest absolute Gasteiger partial charge is 0.167 e. The zero-order valence-corrected chi connectivity index (χ0v) is 21.8. The van der Waals surface area contributed by atoms with Gasteiger partial charge in [-0.05, 0) is 64.4 Å². The molecule has 196 valence electrons. The molecule has 0 bridgehead atoms.